The van der Waals surface area contributed by atoms with Crippen molar-refractivity contribution in [2.75, 3.05) is 46.9 Å². The molecule has 0 atom stereocenters. The summed E-state index contributed by atoms with van der Waals surface area (Å²) in [4.78, 5) is 17.9. The molecule has 7 heteroatoms. The van der Waals surface area contributed by atoms with Crippen LogP contribution in [0.3, 0.4) is 0 Å². The molecule has 0 spiro atoms. The number of ether oxygens (including phenoxy) is 1. The van der Waals surface area contributed by atoms with E-state index >= 15 is 0 Å². The summed E-state index contributed by atoms with van der Waals surface area (Å²) >= 11 is 6.40. The van der Waals surface area contributed by atoms with Gasteiger partial charge in [-0.15, -0.1) is 0 Å². The average molecular weight is 395 g/mol. The van der Waals surface area contributed by atoms with E-state index < -0.39 is 0 Å². The lowest BCUT2D eigenvalue weighted by atomic mass is 9.96. The molecule has 1 aliphatic rings. The highest BCUT2D eigenvalue weighted by Gasteiger charge is 2.45. The van der Waals surface area contributed by atoms with Gasteiger partial charge in [0.05, 0.1) is 0 Å². The number of hydrogen-bond acceptors (Lipinski definition) is 3. The minimum atomic E-state index is -0.0299. The Morgan fingerprint density at radius 1 is 1.30 bits per heavy atom. The van der Waals surface area contributed by atoms with Crippen LogP contribution >= 0.6 is 11.6 Å². The number of halogens is 1. The average Bonchev–Trinajstić information content (AvgIpc) is 3.44. The summed E-state index contributed by atoms with van der Waals surface area (Å²) in [6.45, 7) is 5.00. The summed E-state index contributed by atoms with van der Waals surface area (Å²) in [7, 11) is 3.47. The van der Waals surface area contributed by atoms with Gasteiger partial charge < -0.3 is 20.3 Å². The molecule has 1 aromatic rings. The summed E-state index contributed by atoms with van der Waals surface area (Å²) in [5, 5.41) is 7.50. The molecule has 1 saturated carbocycles. The van der Waals surface area contributed by atoms with Crippen LogP contribution in [0.1, 0.15) is 31.7 Å². The van der Waals surface area contributed by atoms with Gasteiger partial charge in [0, 0.05) is 50.8 Å². The van der Waals surface area contributed by atoms with E-state index in [1.165, 1.54) is 5.56 Å². The van der Waals surface area contributed by atoms with Crippen molar-refractivity contribution in [2.45, 2.75) is 31.6 Å². The maximum atomic E-state index is 11.9. The van der Waals surface area contributed by atoms with Crippen LogP contribution in [0.5, 0.6) is 0 Å². The van der Waals surface area contributed by atoms with Crippen LogP contribution in [0.4, 0.5) is 0 Å². The highest BCUT2D eigenvalue weighted by atomic mass is 35.5. The molecule has 0 unspecified atom stereocenters. The molecule has 1 amide bonds. The van der Waals surface area contributed by atoms with Crippen molar-refractivity contribution in [1.29, 1.82) is 0 Å². The van der Waals surface area contributed by atoms with Crippen LogP contribution in [0.2, 0.25) is 5.02 Å². The van der Waals surface area contributed by atoms with Crippen molar-refractivity contribution in [3.8, 4) is 0 Å². The Morgan fingerprint density at radius 2 is 2.04 bits per heavy atom. The molecule has 0 aromatic heterocycles. The summed E-state index contributed by atoms with van der Waals surface area (Å²) in [6.07, 6.45) is 3.07. The molecule has 0 heterocycles. The Kier molecular flexibility index (Phi) is 8.38. The van der Waals surface area contributed by atoms with E-state index in [-0.39, 0.29) is 17.9 Å². The smallest absolute Gasteiger partial charge is 0.243 e. The molecule has 2 rings (SSSR count). The minimum absolute atomic E-state index is 0.0299. The number of amides is 1. The zero-order chi connectivity index (χ0) is 19.7. The van der Waals surface area contributed by atoms with E-state index in [1.807, 2.05) is 25.1 Å². The first-order chi connectivity index (χ1) is 13.0. The van der Waals surface area contributed by atoms with E-state index in [1.54, 1.807) is 19.0 Å². The summed E-state index contributed by atoms with van der Waals surface area (Å²) < 4.78 is 5.36. The molecular weight excluding hydrogens is 364 g/mol. The van der Waals surface area contributed by atoms with Crippen LogP contribution in [0.15, 0.2) is 29.3 Å². The number of guanidine groups is 1. The third-order valence-electron chi connectivity index (χ3n) is 4.73. The Morgan fingerprint density at radius 3 is 2.67 bits per heavy atom. The summed E-state index contributed by atoms with van der Waals surface area (Å²) in [6, 6.07) is 8.01. The van der Waals surface area contributed by atoms with Crippen molar-refractivity contribution in [3.05, 3.63) is 34.9 Å². The third-order valence-corrected chi connectivity index (χ3v) is 5.06. The van der Waals surface area contributed by atoms with Crippen molar-refractivity contribution in [3.63, 3.8) is 0 Å². The largest absolute Gasteiger partial charge is 0.382 e. The molecule has 0 saturated heterocycles. The Hall–Kier alpha value is -1.79. The van der Waals surface area contributed by atoms with Gasteiger partial charge in [0.25, 0.3) is 0 Å². The first-order valence-electron chi connectivity index (χ1n) is 9.53. The van der Waals surface area contributed by atoms with Crippen molar-refractivity contribution in [2.24, 2.45) is 4.99 Å². The zero-order valence-electron chi connectivity index (χ0n) is 16.6. The molecule has 1 fully saturated rings. The van der Waals surface area contributed by atoms with E-state index in [0.717, 1.165) is 44.0 Å². The Bertz CT molecular complexity index is 645. The van der Waals surface area contributed by atoms with Crippen LogP contribution in [-0.2, 0) is 14.9 Å². The second kappa shape index (κ2) is 10.5. The quantitative estimate of drug-likeness (QED) is 0.363. The normalized spacial score (nSPS) is 15.3. The fourth-order valence-electron chi connectivity index (χ4n) is 2.82. The maximum Gasteiger partial charge on any atom is 0.243 e. The van der Waals surface area contributed by atoms with Gasteiger partial charge in [-0.25, -0.2) is 4.99 Å². The fourth-order valence-corrected chi connectivity index (χ4v) is 3.16. The lowest BCUT2D eigenvalue weighted by Gasteiger charge is -2.20. The van der Waals surface area contributed by atoms with E-state index in [4.69, 9.17) is 16.3 Å². The molecule has 6 nitrogen and oxygen atoms in total. The summed E-state index contributed by atoms with van der Waals surface area (Å²) in [5.74, 6) is 0.623. The number of likely N-dealkylation sites (N-methyl/N-ethyl adjacent to an activating group) is 1. The first-order valence-corrected chi connectivity index (χ1v) is 9.91. The molecule has 1 aromatic carbocycles. The third kappa shape index (κ3) is 6.70. The van der Waals surface area contributed by atoms with Gasteiger partial charge in [-0.2, -0.15) is 0 Å². The molecule has 2 N–H and O–H groups in total. The van der Waals surface area contributed by atoms with Gasteiger partial charge in [-0.3, -0.25) is 4.79 Å². The van der Waals surface area contributed by atoms with Crippen LogP contribution in [-0.4, -0.2) is 63.7 Å². The van der Waals surface area contributed by atoms with Gasteiger partial charge in [-0.05, 0) is 37.8 Å². The predicted octanol–water partition coefficient (Wildman–Crippen LogP) is 2.42. The van der Waals surface area contributed by atoms with Gasteiger partial charge in [0.15, 0.2) is 5.96 Å². The van der Waals surface area contributed by atoms with Gasteiger partial charge in [0.2, 0.25) is 5.91 Å². The standard InChI is InChI=1S/C20H31ClN4O2/c1-4-27-13-7-12-22-19(23-14-18(26)25(2)3)24-15-20(10-11-20)16-8-5-6-9-17(16)21/h5-6,8-9H,4,7,10-15H2,1-3H3,(H2,22,23,24). The van der Waals surface area contributed by atoms with Crippen LogP contribution in [0.25, 0.3) is 0 Å². The highest BCUT2D eigenvalue weighted by molar-refractivity contribution is 6.31. The Balaban J connectivity index is 1.95. The molecule has 0 aliphatic heterocycles. The van der Waals surface area contributed by atoms with Crippen LogP contribution in [0, 0.1) is 0 Å². The van der Waals surface area contributed by atoms with Crippen LogP contribution < -0.4 is 10.6 Å². The van der Waals surface area contributed by atoms with Crippen molar-refractivity contribution in [1.82, 2.24) is 15.5 Å². The Labute approximate surface area is 167 Å². The van der Waals surface area contributed by atoms with Gasteiger partial charge in [0.1, 0.15) is 6.54 Å². The second-order valence-corrected chi connectivity index (χ2v) is 7.45. The summed E-state index contributed by atoms with van der Waals surface area (Å²) in [5.41, 5.74) is 1.23. The van der Waals surface area contributed by atoms with E-state index in [9.17, 15) is 4.79 Å². The second-order valence-electron chi connectivity index (χ2n) is 7.04. The SMILES string of the molecule is CCOCCCNC(=NCC(=O)N(C)C)NCC1(c2ccccc2Cl)CC1. The fraction of sp³-hybridized carbons (Fsp3) is 0.600. The zero-order valence-corrected chi connectivity index (χ0v) is 17.3. The van der Waals surface area contributed by atoms with E-state index in [0.29, 0.717) is 12.6 Å². The van der Waals surface area contributed by atoms with Crippen molar-refractivity contribution >= 4 is 23.5 Å². The van der Waals surface area contributed by atoms with Gasteiger partial charge >= 0.3 is 0 Å². The molecular formula is C20H31ClN4O2. The predicted molar refractivity (Wildman–Crippen MR) is 110 cm³/mol. The first kappa shape index (κ1) is 21.5. The van der Waals surface area contributed by atoms with E-state index in [2.05, 4.69) is 21.7 Å². The molecule has 150 valence electrons. The van der Waals surface area contributed by atoms with Gasteiger partial charge in [-0.1, -0.05) is 29.8 Å². The number of aliphatic imine (C=N–C) groups is 1. The molecule has 27 heavy (non-hydrogen) atoms. The number of hydrogen-bond donors (Lipinski definition) is 2. The highest BCUT2D eigenvalue weighted by Crippen LogP contribution is 2.49. The molecule has 1 aliphatic carbocycles. The number of carbonyl (C=O) groups is 1. The number of nitrogens with one attached hydrogen (secondary N) is 2. The lowest BCUT2D eigenvalue weighted by molar-refractivity contribution is -0.127. The van der Waals surface area contributed by atoms with Crippen molar-refractivity contribution < 1.29 is 9.53 Å². The maximum absolute atomic E-state index is 11.9. The number of benzene rings is 1. The molecule has 0 radical (unpaired) electrons. The monoisotopic (exact) mass is 394 g/mol. The minimum Gasteiger partial charge on any atom is -0.382 e. The topological polar surface area (TPSA) is 66.0 Å². The number of rotatable bonds is 10. The number of carbonyl (C=O) groups excluding carboxylic acids is 1. The molecule has 0 bridgehead atoms. The lowest BCUT2D eigenvalue weighted by Crippen LogP contribution is -2.42. The number of nitrogens with zero attached hydrogens (tertiary/aromatic N) is 2.